The van der Waals surface area contributed by atoms with Gasteiger partial charge in [-0.05, 0) is 37.6 Å². The van der Waals surface area contributed by atoms with Crippen LogP contribution >= 0.6 is 0 Å². The molecule has 1 N–H and O–H groups in total. The summed E-state index contributed by atoms with van der Waals surface area (Å²) in [5.41, 5.74) is 0.292. The third kappa shape index (κ3) is 3.96. The highest BCUT2D eigenvalue weighted by Crippen LogP contribution is 2.32. The van der Waals surface area contributed by atoms with Crippen molar-refractivity contribution >= 4 is 33.2 Å². The Hall–Kier alpha value is -3.47. The number of hydrogen-bond donors (Lipinski definition) is 1. The number of anilines is 1. The summed E-state index contributed by atoms with van der Waals surface area (Å²) in [4.78, 5) is 35.6. The Morgan fingerprint density at radius 1 is 1.23 bits per heavy atom. The van der Waals surface area contributed by atoms with Crippen LogP contribution in [0.4, 0.5) is 11.4 Å². The quantitative estimate of drug-likeness (QED) is 0.545. The van der Waals surface area contributed by atoms with E-state index in [0.29, 0.717) is 4.31 Å². The topological polar surface area (TPSA) is 136 Å². The van der Waals surface area contributed by atoms with Gasteiger partial charge in [-0.3, -0.25) is 19.7 Å². The van der Waals surface area contributed by atoms with Gasteiger partial charge in [-0.15, -0.1) is 0 Å². The van der Waals surface area contributed by atoms with Gasteiger partial charge in [-0.2, -0.15) is 0 Å². The van der Waals surface area contributed by atoms with Crippen LogP contribution in [0.5, 0.6) is 5.75 Å². The minimum absolute atomic E-state index is 0.0281. The van der Waals surface area contributed by atoms with E-state index in [0.717, 1.165) is 11.6 Å². The van der Waals surface area contributed by atoms with Gasteiger partial charge in [0.15, 0.2) is 0 Å². The lowest BCUT2D eigenvalue weighted by Gasteiger charge is -2.23. The van der Waals surface area contributed by atoms with Crippen molar-refractivity contribution in [2.24, 2.45) is 0 Å². The standard InChI is InChI=1S/C19H19N3O7S/c1-12-3-6-14(7-4-12)30(27,28)21-16(9-10-18(21)23)19(24)20-15-8-5-13(29-2)11-17(15)22(25)26/h3-8,11,16H,9-10H2,1-2H3,(H,20,24)/t16-/m0/s1. The van der Waals surface area contributed by atoms with Crippen molar-refractivity contribution in [3.8, 4) is 5.75 Å². The van der Waals surface area contributed by atoms with E-state index in [4.69, 9.17) is 4.74 Å². The molecule has 11 heteroatoms. The zero-order valence-electron chi connectivity index (χ0n) is 16.2. The summed E-state index contributed by atoms with van der Waals surface area (Å²) in [6.07, 6.45) is -0.159. The number of benzene rings is 2. The Morgan fingerprint density at radius 3 is 2.50 bits per heavy atom. The number of methoxy groups -OCH3 is 1. The first kappa shape index (κ1) is 21.2. The van der Waals surface area contributed by atoms with Crippen LogP contribution in [0.1, 0.15) is 18.4 Å². The third-order valence-corrected chi connectivity index (χ3v) is 6.54. The molecule has 30 heavy (non-hydrogen) atoms. The van der Waals surface area contributed by atoms with Crippen LogP contribution in [-0.2, 0) is 19.6 Å². The fourth-order valence-corrected chi connectivity index (χ4v) is 4.74. The molecule has 0 saturated carbocycles. The van der Waals surface area contributed by atoms with Crippen molar-refractivity contribution < 1.29 is 27.7 Å². The number of hydrogen-bond acceptors (Lipinski definition) is 7. The molecular weight excluding hydrogens is 414 g/mol. The summed E-state index contributed by atoms with van der Waals surface area (Å²) >= 11 is 0. The van der Waals surface area contributed by atoms with E-state index in [1.165, 1.54) is 31.4 Å². The highest BCUT2D eigenvalue weighted by atomic mass is 32.2. The number of nitrogens with zero attached hydrogens (tertiary/aromatic N) is 2. The second-order valence-corrected chi connectivity index (χ2v) is 8.51. The van der Waals surface area contributed by atoms with Crippen LogP contribution in [0.25, 0.3) is 0 Å². The van der Waals surface area contributed by atoms with Gasteiger partial charge >= 0.3 is 0 Å². The summed E-state index contributed by atoms with van der Waals surface area (Å²) in [6, 6.07) is 8.42. The van der Waals surface area contributed by atoms with Crippen LogP contribution in [0.2, 0.25) is 0 Å². The van der Waals surface area contributed by atoms with Crippen LogP contribution in [0, 0.1) is 17.0 Å². The van der Waals surface area contributed by atoms with Gasteiger partial charge in [-0.25, -0.2) is 12.7 Å². The van der Waals surface area contributed by atoms with E-state index in [1.54, 1.807) is 19.1 Å². The number of nitrogens with one attached hydrogen (secondary N) is 1. The summed E-state index contributed by atoms with van der Waals surface area (Å²) < 4.78 is 31.5. The molecule has 158 valence electrons. The first-order chi connectivity index (χ1) is 14.1. The molecule has 2 aromatic rings. The summed E-state index contributed by atoms with van der Waals surface area (Å²) in [5.74, 6) is -1.32. The Balaban J connectivity index is 1.91. The molecule has 0 bridgehead atoms. The minimum atomic E-state index is -4.26. The van der Waals surface area contributed by atoms with Gasteiger partial charge in [0.25, 0.3) is 15.7 Å². The fraction of sp³-hybridized carbons (Fsp3) is 0.263. The van der Waals surface area contributed by atoms with Crippen molar-refractivity contribution in [2.45, 2.75) is 30.7 Å². The van der Waals surface area contributed by atoms with Crippen LogP contribution < -0.4 is 10.1 Å². The Bertz CT molecular complexity index is 1110. The van der Waals surface area contributed by atoms with E-state index in [1.807, 2.05) is 0 Å². The number of aryl methyl sites for hydroxylation is 1. The lowest BCUT2D eigenvalue weighted by atomic mass is 10.2. The molecule has 0 unspecified atom stereocenters. The molecule has 1 saturated heterocycles. The molecule has 0 spiro atoms. The predicted molar refractivity (Wildman–Crippen MR) is 107 cm³/mol. The van der Waals surface area contributed by atoms with E-state index in [2.05, 4.69) is 5.32 Å². The molecule has 2 aromatic carbocycles. The van der Waals surface area contributed by atoms with Crippen molar-refractivity contribution in [2.75, 3.05) is 12.4 Å². The maximum Gasteiger partial charge on any atom is 0.296 e. The van der Waals surface area contributed by atoms with Crippen LogP contribution in [0.15, 0.2) is 47.4 Å². The Labute approximate surface area is 172 Å². The number of amides is 2. The van der Waals surface area contributed by atoms with E-state index >= 15 is 0 Å². The number of carbonyl (C=O) groups is 2. The molecule has 1 fully saturated rings. The number of rotatable bonds is 6. The Morgan fingerprint density at radius 2 is 1.90 bits per heavy atom. The molecule has 1 aliphatic heterocycles. The molecule has 3 rings (SSSR count). The summed E-state index contributed by atoms with van der Waals surface area (Å²) in [6.45, 7) is 1.79. The van der Waals surface area contributed by atoms with Crippen molar-refractivity contribution in [3.63, 3.8) is 0 Å². The maximum absolute atomic E-state index is 13.0. The molecule has 0 aromatic heterocycles. The number of nitro groups is 1. The number of carbonyl (C=O) groups excluding carboxylic acids is 2. The predicted octanol–water partition coefficient (Wildman–Crippen LogP) is 2.23. The van der Waals surface area contributed by atoms with Crippen LogP contribution in [-0.4, -0.2) is 42.6 Å². The number of sulfonamides is 1. The monoisotopic (exact) mass is 433 g/mol. The second kappa shape index (κ2) is 8.11. The second-order valence-electron chi connectivity index (χ2n) is 6.69. The van der Waals surface area contributed by atoms with Crippen molar-refractivity contribution in [1.82, 2.24) is 4.31 Å². The van der Waals surface area contributed by atoms with E-state index < -0.39 is 38.5 Å². The molecule has 0 radical (unpaired) electrons. The molecule has 1 atom stereocenters. The zero-order valence-corrected chi connectivity index (χ0v) is 17.0. The van der Waals surface area contributed by atoms with Gasteiger partial charge in [0, 0.05) is 6.42 Å². The first-order valence-electron chi connectivity index (χ1n) is 8.92. The molecule has 10 nitrogen and oxygen atoms in total. The van der Waals surface area contributed by atoms with Gasteiger partial charge in [-0.1, -0.05) is 17.7 Å². The highest BCUT2D eigenvalue weighted by Gasteiger charge is 2.44. The zero-order chi connectivity index (χ0) is 22.1. The fourth-order valence-electron chi connectivity index (χ4n) is 3.14. The third-order valence-electron chi connectivity index (χ3n) is 4.70. The average Bonchev–Trinajstić information content (AvgIpc) is 3.11. The molecule has 1 heterocycles. The Kier molecular flexibility index (Phi) is 5.74. The molecule has 0 aliphatic carbocycles. The average molecular weight is 433 g/mol. The highest BCUT2D eigenvalue weighted by molar-refractivity contribution is 7.89. The maximum atomic E-state index is 13.0. The number of nitro benzene ring substituents is 1. The van der Waals surface area contributed by atoms with Gasteiger partial charge in [0.1, 0.15) is 17.5 Å². The van der Waals surface area contributed by atoms with Crippen LogP contribution in [0.3, 0.4) is 0 Å². The molecular formula is C19H19N3O7S. The van der Waals surface area contributed by atoms with Crippen molar-refractivity contribution in [3.05, 3.63) is 58.1 Å². The summed E-state index contributed by atoms with van der Waals surface area (Å²) in [5, 5.41) is 13.7. The molecule has 1 aliphatic rings. The van der Waals surface area contributed by atoms with Gasteiger partial charge in [0.2, 0.25) is 11.8 Å². The van der Waals surface area contributed by atoms with E-state index in [-0.39, 0.29) is 29.2 Å². The SMILES string of the molecule is COc1ccc(NC(=O)[C@@H]2CCC(=O)N2S(=O)(=O)c2ccc(C)cc2)c([N+](=O)[O-])c1. The smallest absolute Gasteiger partial charge is 0.296 e. The first-order valence-corrected chi connectivity index (χ1v) is 10.4. The minimum Gasteiger partial charge on any atom is -0.496 e. The lowest BCUT2D eigenvalue weighted by molar-refractivity contribution is -0.384. The molecule has 2 amide bonds. The normalized spacial score (nSPS) is 16.4. The van der Waals surface area contributed by atoms with Crippen molar-refractivity contribution in [1.29, 1.82) is 0 Å². The largest absolute Gasteiger partial charge is 0.496 e. The van der Waals surface area contributed by atoms with Gasteiger partial charge in [0.05, 0.1) is 23.0 Å². The lowest BCUT2D eigenvalue weighted by Crippen LogP contribution is -2.45. The van der Waals surface area contributed by atoms with Gasteiger partial charge < -0.3 is 10.1 Å². The van der Waals surface area contributed by atoms with E-state index in [9.17, 15) is 28.1 Å². The summed E-state index contributed by atoms with van der Waals surface area (Å²) in [7, 11) is -2.92. The number of ether oxygens (including phenoxy) is 1.